The van der Waals surface area contributed by atoms with Crippen LogP contribution >= 0.6 is 0 Å². The molecule has 0 atom stereocenters. The molecule has 0 fully saturated rings. The smallest absolute Gasteiger partial charge is 0.242 e. The van der Waals surface area contributed by atoms with E-state index in [1.807, 2.05) is 18.2 Å². The average molecular weight is 264 g/mol. The van der Waals surface area contributed by atoms with Gasteiger partial charge in [-0.2, -0.15) is 0 Å². The molecule has 0 saturated carbocycles. The van der Waals surface area contributed by atoms with Crippen LogP contribution in [0.2, 0.25) is 0 Å². The largest absolute Gasteiger partial charge is 0.492 e. The second-order valence-electron chi connectivity index (χ2n) is 6.42. The normalized spacial score (nSPS) is 12.1. The number of hydrogen-bond donors (Lipinski definition) is 2. The fourth-order valence-electron chi connectivity index (χ4n) is 1.58. The van der Waals surface area contributed by atoms with E-state index in [2.05, 4.69) is 32.3 Å². The van der Waals surface area contributed by atoms with Gasteiger partial charge in [-0.25, -0.2) is 5.84 Å². The number of ether oxygens (including phenoxy) is 1. The Labute approximate surface area is 115 Å². The quantitative estimate of drug-likeness (QED) is 0.498. The lowest BCUT2D eigenvalue weighted by atomic mass is 9.87. The third kappa shape index (κ3) is 4.24. The van der Waals surface area contributed by atoms with Gasteiger partial charge in [0, 0.05) is 0 Å². The van der Waals surface area contributed by atoms with E-state index in [0.717, 1.165) is 5.75 Å². The topological polar surface area (TPSA) is 64.3 Å². The van der Waals surface area contributed by atoms with Crippen LogP contribution in [0.4, 0.5) is 0 Å². The Hall–Kier alpha value is -1.55. The summed E-state index contributed by atoms with van der Waals surface area (Å²) in [6.45, 7) is 10.3. The molecule has 0 aliphatic carbocycles. The number of benzene rings is 1. The number of rotatable bonds is 4. The molecule has 0 aliphatic heterocycles. The van der Waals surface area contributed by atoms with Crippen molar-refractivity contribution in [1.82, 2.24) is 5.43 Å². The van der Waals surface area contributed by atoms with Gasteiger partial charge in [0.15, 0.2) is 0 Å². The Balaban J connectivity index is 2.77. The minimum atomic E-state index is -0.660. The van der Waals surface area contributed by atoms with Gasteiger partial charge >= 0.3 is 0 Å². The Kier molecular flexibility index (Phi) is 4.58. The van der Waals surface area contributed by atoms with Crippen molar-refractivity contribution in [3.63, 3.8) is 0 Å². The summed E-state index contributed by atoms with van der Waals surface area (Å²) in [6.07, 6.45) is 0. The molecule has 3 N–H and O–H groups in total. The van der Waals surface area contributed by atoms with Gasteiger partial charge in [-0.15, -0.1) is 0 Å². The van der Waals surface area contributed by atoms with Crippen molar-refractivity contribution < 1.29 is 9.53 Å². The van der Waals surface area contributed by atoms with Crippen LogP contribution in [0.25, 0.3) is 0 Å². The van der Waals surface area contributed by atoms with E-state index in [9.17, 15) is 4.79 Å². The van der Waals surface area contributed by atoms with Crippen molar-refractivity contribution in [2.75, 3.05) is 6.61 Å². The predicted octanol–water partition coefficient (Wildman–Crippen LogP) is 2.38. The molecular formula is C15H24N2O2. The van der Waals surface area contributed by atoms with Gasteiger partial charge < -0.3 is 4.74 Å². The summed E-state index contributed by atoms with van der Waals surface area (Å²) < 4.78 is 5.71. The highest BCUT2D eigenvalue weighted by molar-refractivity contribution is 5.81. The SMILES string of the molecule is CC(C)(COc1cccc(C(C)(C)C)c1)C(=O)NN. The van der Waals surface area contributed by atoms with E-state index >= 15 is 0 Å². The standard InChI is InChI=1S/C15H24N2O2/c1-14(2,3)11-7-6-8-12(9-11)19-10-15(4,5)13(18)17-16/h6-9H,10,16H2,1-5H3,(H,17,18). The van der Waals surface area contributed by atoms with E-state index in [-0.39, 0.29) is 17.9 Å². The third-order valence-corrected chi connectivity index (χ3v) is 3.05. The first-order valence-electron chi connectivity index (χ1n) is 6.41. The van der Waals surface area contributed by atoms with Crippen LogP contribution in [-0.4, -0.2) is 12.5 Å². The lowest BCUT2D eigenvalue weighted by Crippen LogP contribution is -2.44. The number of hydrazine groups is 1. The summed E-state index contributed by atoms with van der Waals surface area (Å²) in [4.78, 5) is 11.6. The molecule has 0 heterocycles. The van der Waals surface area contributed by atoms with Crippen molar-refractivity contribution in [3.05, 3.63) is 29.8 Å². The van der Waals surface area contributed by atoms with Gasteiger partial charge in [0.2, 0.25) is 5.91 Å². The molecule has 4 heteroatoms. The van der Waals surface area contributed by atoms with E-state index in [0.29, 0.717) is 0 Å². The lowest BCUT2D eigenvalue weighted by molar-refractivity contribution is -0.130. The Morgan fingerprint density at radius 1 is 1.26 bits per heavy atom. The molecule has 0 aromatic heterocycles. The maximum atomic E-state index is 11.6. The molecule has 0 saturated heterocycles. The molecule has 0 spiro atoms. The minimum absolute atomic E-state index is 0.0729. The van der Waals surface area contributed by atoms with Crippen molar-refractivity contribution in [3.8, 4) is 5.75 Å². The molecule has 0 unspecified atom stereocenters. The van der Waals surface area contributed by atoms with E-state index in [4.69, 9.17) is 10.6 Å². The van der Waals surface area contributed by atoms with Gasteiger partial charge in [0.25, 0.3) is 0 Å². The molecule has 1 amide bonds. The maximum absolute atomic E-state index is 11.6. The monoisotopic (exact) mass is 264 g/mol. The van der Waals surface area contributed by atoms with Crippen molar-refractivity contribution in [2.45, 2.75) is 40.0 Å². The van der Waals surface area contributed by atoms with Gasteiger partial charge in [0.1, 0.15) is 12.4 Å². The highest BCUT2D eigenvalue weighted by atomic mass is 16.5. The summed E-state index contributed by atoms with van der Waals surface area (Å²) in [5, 5.41) is 0. The fraction of sp³-hybridized carbons (Fsp3) is 0.533. The highest BCUT2D eigenvalue weighted by Crippen LogP contribution is 2.26. The number of hydrogen-bond acceptors (Lipinski definition) is 3. The van der Waals surface area contributed by atoms with Gasteiger partial charge in [-0.1, -0.05) is 32.9 Å². The van der Waals surface area contributed by atoms with Gasteiger partial charge in [-0.3, -0.25) is 10.2 Å². The number of amides is 1. The summed E-state index contributed by atoms with van der Waals surface area (Å²) in [6, 6.07) is 7.94. The first-order valence-corrected chi connectivity index (χ1v) is 6.41. The zero-order chi connectivity index (χ0) is 14.7. The van der Waals surface area contributed by atoms with E-state index in [1.165, 1.54) is 5.56 Å². The Morgan fingerprint density at radius 2 is 1.89 bits per heavy atom. The number of nitrogens with two attached hydrogens (primary N) is 1. The Morgan fingerprint density at radius 3 is 2.42 bits per heavy atom. The average Bonchev–Trinajstić information content (AvgIpc) is 2.35. The molecule has 0 bridgehead atoms. The minimum Gasteiger partial charge on any atom is -0.492 e. The number of nitrogens with one attached hydrogen (secondary N) is 1. The number of carbonyl (C=O) groups excluding carboxylic acids is 1. The van der Waals surface area contributed by atoms with Crippen LogP contribution in [0.5, 0.6) is 5.75 Å². The van der Waals surface area contributed by atoms with Crippen LogP contribution < -0.4 is 16.0 Å². The second-order valence-corrected chi connectivity index (χ2v) is 6.42. The van der Waals surface area contributed by atoms with Gasteiger partial charge in [-0.05, 0) is 37.0 Å². The number of carbonyl (C=O) groups is 1. The zero-order valence-electron chi connectivity index (χ0n) is 12.4. The third-order valence-electron chi connectivity index (χ3n) is 3.05. The molecule has 106 valence electrons. The molecule has 0 radical (unpaired) electrons. The summed E-state index contributed by atoms with van der Waals surface area (Å²) in [5.74, 6) is 5.69. The van der Waals surface area contributed by atoms with Crippen molar-refractivity contribution in [2.24, 2.45) is 11.3 Å². The molecule has 4 nitrogen and oxygen atoms in total. The van der Waals surface area contributed by atoms with Crippen LogP contribution in [0.3, 0.4) is 0 Å². The summed E-state index contributed by atoms with van der Waals surface area (Å²) in [5.41, 5.74) is 2.77. The van der Waals surface area contributed by atoms with Crippen LogP contribution in [0.15, 0.2) is 24.3 Å². The Bertz CT molecular complexity index is 448. The summed E-state index contributed by atoms with van der Waals surface area (Å²) in [7, 11) is 0. The van der Waals surface area contributed by atoms with E-state index in [1.54, 1.807) is 13.8 Å². The van der Waals surface area contributed by atoms with Crippen LogP contribution in [-0.2, 0) is 10.2 Å². The second kappa shape index (κ2) is 5.61. The first kappa shape index (κ1) is 15.5. The van der Waals surface area contributed by atoms with Gasteiger partial charge in [0.05, 0.1) is 5.41 Å². The molecule has 0 aliphatic rings. The van der Waals surface area contributed by atoms with Crippen LogP contribution in [0, 0.1) is 5.41 Å². The maximum Gasteiger partial charge on any atom is 0.242 e. The molecule has 1 aromatic rings. The van der Waals surface area contributed by atoms with Crippen molar-refractivity contribution in [1.29, 1.82) is 0 Å². The van der Waals surface area contributed by atoms with E-state index < -0.39 is 5.41 Å². The molecular weight excluding hydrogens is 240 g/mol. The lowest BCUT2D eigenvalue weighted by Gasteiger charge is -2.24. The molecule has 19 heavy (non-hydrogen) atoms. The summed E-state index contributed by atoms with van der Waals surface area (Å²) >= 11 is 0. The first-order chi connectivity index (χ1) is 8.66. The molecule has 1 aromatic carbocycles. The molecule has 1 rings (SSSR count). The van der Waals surface area contributed by atoms with Crippen molar-refractivity contribution >= 4 is 5.91 Å². The highest BCUT2D eigenvalue weighted by Gasteiger charge is 2.28. The van der Waals surface area contributed by atoms with Crippen LogP contribution in [0.1, 0.15) is 40.2 Å². The predicted molar refractivity (Wildman–Crippen MR) is 76.7 cm³/mol. The zero-order valence-corrected chi connectivity index (χ0v) is 12.4. The fourth-order valence-corrected chi connectivity index (χ4v) is 1.58.